The summed E-state index contributed by atoms with van der Waals surface area (Å²) in [6.07, 6.45) is 1.95. The van der Waals surface area contributed by atoms with E-state index in [4.69, 9.17) is 10.5 Å². The Labute approximate surface area is 138 Å². The van der Waals surface area contributed by atoms with Crippen LogP contribution in [0.15, 0.2) is 30.3 Å². The fourth-order valence-corrected chi connectivity index (χ4v) is 2.45. The standard InChI is InChI=1S/C18H28N2O3/c1-4-11-18(3,19)17(22)20-13-15(16(21)23-5-2)12-14-9-7-6-8-10-14/h6-10,15H,4-5,11-13,19H2,1-3H3,(H,20,22). The van der Waals surface area contributed by atoms with Gasteiger partial charge in [0.1, 0.15) is 0 Å². The minimum atomic E-state index is -0.916. The predicted octanol–water partition coefficient (Wildman–Crippen LogP) is 2.04. The van der Waals surface area contributed by atoms with Gasteiger partial charge in [-0.1, -0.05) is 43.7 Å². The quantitative estimate of drug-likeness (QED) is 0.682. The average molecular weight is 320 g/mol. The van der Waals surface area contributed by atoms with Crippen molar-refractivity contribution in [1.82, 2.24) is 5.32 Å². The van der Waals surface area contributed by atoms with Crippen LogP contribution in [0.4, 0.5) is 0 Å². The van der Waals surface area contributed by atoms with E-state index in [1.54, 1.807) is 13.8 Å². The van der Waals surface area contributed by atoms with Gasteiger partial charge in [-0.05, 0) is 32.3 Å². The number of nitrogens with two attached hydrogens (primary N) is 1. The largest absolute Gasteiger partial charge is 0.466 e. The highest BCUT2D eigenvalue weighted by Gasteiger charge is 2.29. The van der Waals surface area contributed by atoms with Crippen molar-refractivity contribution in [3.05, 3.63) is 35.9 Å². The van der Waals surface area contributed by atoms with Crippen LogP contribution in [0, 0.1) is 5.92 Å². The second kappa shape index (κ2) is 9.30. The Morgan fingerprint density at radius 3 is 2.48 bits per heavy atom. The van der Waals surface area contributed by atoms with Crippen LogP contribution in [0.5, 0.6) is 0 Å². The van der Waals surface area contributed by atoms with E-state index in [0.29, 0.717) is 19.4 Å². The summed E-state index contributed by atoms with van der Waals surface area (Å²) in [5.74, 6) is -0.952. The van der Waals surface area contributed by atoms with Crippen molar-refractivity contribution in [2.45, 2.75) is 45.6 Å². The molecule has 23 heavy (non-hydrogen) atoms. The summed E-state index contributed by atoms with van der Waals surface area (Å²) >= 11 is 0. The number of amides is 1. The fraction of sp³-hybridized carbons (Fsp3) is 0.556. The highest BCUT2D eigenvalue weighted by Crippen LogP contribution is 2.12. The number of ether oxygens (including phenoxy) is 1. The Morgan fingerprint density at radius 2 is 1.91 bits per heavy atom. The smallest absolute Gasteiger partial charge is 0.311 e. The van der Waals surface area contributed by atoms with E-state index >= 15 is 0 Å². The minimum absolute atomic E-state index is 0.225. The lowest BCUT2D eigenvalue weighted by Crippen LogP contribution is -2.53. The van der Waals surface area contributed by atoms with E-state index in [9.17, 15) is 9.59 Å². The molecule has 0 aliphatic heterocycles. The first-order valence-electron chi connectivity index (χ1n) is 8.18. The fourth-order valence-electron chi connectivity index (χ4n) is 2.45. The summed E-state index contributed by atoms with van der Waals surface area (Å²) in [6.45, 7) is 6.01. The molecule has 0 heterocycles. The SMILES string of the molecule is CCCC(C)(N)C(=O)NCC(Cc1ccccc1)C(=O)OCC. The van der Waals surface area contributed by atoms with Crippen molar-refractivity contribution < 1.29 is 14.3 Å². The van der Waals surface area contributed by atoms with E-state index in [1.807, 2.05) is 37.3 Å². The topological polar surface area (TPSA) is 81.4 Å². The van der Waals surface area contributed by atoms with Crippen molar-refractivity contribution >= 4 is 11.9 Å². The Balaban J connectivity index is 2.70. The molecular formula is C18H28N2O3. The van der Waals surface area contributed by atoms with Crippen LogP contribution in [-0.2, 0) is 20.7 Å². The monoisotopic (exact) mass is 320 g/mol. The van der Waals surface area contributed by atoms with Crippen molar-refractivity contribution in [2.75, 3.05) is 13.2 Å². The van der Waals surface area contributed by atoms with Crippen LogP contribution in [0.3, 0.4) is 0 Å². The summed E-state index contributed by atoms with van der Waals surface area (Å²) in [7, 11) is 0. The van der Waals surface area contributed by atoms with E-state index < -0.39 is 11.5 Å². The molecule has 2 atom stereocenters. The lowest BCUT2D eigenvalue weighted by Gasteiger charge is -2.24. The molecule has 0 spiro atoms. The molecule has 128 valence electrons. The van der Waals surface area contributed by atoms with Gasteiger partial charge in [0.25, 0.3) is 0 Å². The second-order valence-electron chi connectivity index (χ2n) is 6.02. The molecule has 3 N–H and O–H groups in total. The zero-order chi connectivity index (χ0) is 17.3. The van der Waals surface area contributed by atoms with Crippen LogP contribution in [-0.4, -0.2) is 30.6 Å². The Hall–Kier alpha value is -1.88. The zero-order valence-corrected chi connectivity index (χ0v) is 14.3. The van der Waals surface area contributed by atoms with Crippen molar-refractivity contribution in [1.29, 1.82) is 0 Å². The van der Waals surface area contributed by atoms with E-state index in [1.165, 1.54) is 0 Å². The summed E-state index contributed by atoms with van der Waals surface area (Å²) in [4.78, 5) is 24.3. The molecule has 1 rings (SSSR count). The molecule has 1 aromatic carbocycles. The van der Waals surface area contributed by atoms with Gasteiger partial charge >= 0.3 is 5.97 Å². The van der Waals surface area contributed by atoms with Gasteiger partial charge in [0.05, 0.1) is 18.1 Å². The third-order valence-corrected chi connectivity index (χ3v) is 3.74. The summed E-state index contributed by atoms with van der Waals surface area (Å²) in [5.41, 5.74) is 6.13. The van der Waals surface area contributed by atoms with Crippen LogP contribution in [0.2, 0.25) is 0 Å². The first kappa shape index (κ1) is 19.2. The molecule has 1 aromatic rings. The number of carbonyl (C=O) groups is 2. The van der Waals surface area contributed by atoms with Gasteiger partial charge in [-0.3, -0.25) is 9.59 Å². The molecule has 0 saturated heterocycles. The Morgan fingerprint density at radius 1 is 1.26 bits per heavy atom. The van der Waals surface area contributed by atoms with Crippen molar-refractivity contribution in [3.63, 3.8) is 0 Å². The van der Waals surface area contributed by atoms with Gasteiger partial charge in [0, 0.05) is 6.54 Å². The molecule has 0 aromatic heterocycles. The Bertz CT molecular complexity index is 500. The number of hydrogen-bond donors (Lipinski definition) is 2. The van der Waals surface area contributed by atoms with Gasteiger partial charge in [-0.25, -0.2) is 0 Å². The number of benzene rings is 1. The number of rotatable bonds is 9. The molecule has 0 aliphatic rings. The molecule has 0 saturated carbocycles. The normalized spacial score (nSPS) is 14.6. The third kappa shape index (κ3) is 6.40. The van der Waals surface area contributed by atoms with Crippen LogP contribution in [0.25, 0.3) is 0 Å². The average Bonchev–Trinajstić information content (AvgIpc) is 2.52. The summed E-state index contributed by atoms with van der Waals surface area (Å²) in [5, 5.41) is 2.80. The second-order valence-corrected chi connectivity index (χ2v) is 6.02. The molecule has 2 unspecified atom stereocenters. The van der Waals surface area contributed by atoms with Gasteiger partial charge in [-0.2, -0.15) is 0 Å². The minimum Gasteiger partial charge on any atom is -0.466 e. The van der Waals surface area contributed by atoms with E-state index in [-0.39, 0.29) is 18.4 Å². The lowest BCUT2D eigenvalue weighted by atomic mass is 9.95. The van der Waals surface area contributed by atoms with Gasteiger partial charge in [0.15, 0.2) is 0 Å². The molecular weight excluding hydrogens is 292 g/mol. The maximum absolute atomic E-state index is 12.2. The maximum atomic E-state index is 12.2. The van der Waals surface area contributed by atoms with Crippen molar-refractivity contribution in [2.24, 2.45) is 11.7 Å². The number of carbonyl (C=O) groups excluding carboxylic acids is 2. The molecule has 5 heteroatoms. The zero-order valence-electron chi connectivity index (χ0n) is 14.3. The highest BCUT2D eigenvalue weighted by molar-refractivity contribution is 5.86. The van der Waals surface area contributed by atoms with Crippen LogP contribution >= 0.6 is 0 Å². The Kier molecular flexibility index (Phi) is 7.75. The molecule has 0 radical (unpaired) electrons. The van der Waals surface area contributed by atoms with Crippen LogP contribution < -0.4 is 11.1 Å². The van der Waals surface area contributed by atoms with Gasteiger partial charge in [0.2, 0.25) is 5.91 Å². The predicted molar refractivity (Wildman–Crippen MR) is 90.8 cm³/mol. The number of hydrogen-bond acceptors (Lipinski definition) is 4. The molecule has 0 aliphatic carbocycles. The lowest BCUT2D eigenvalue weighted by molar-refractivity contribution is -0.148. The summed E-state index contributed by atoms with van der Waals surface area (Å²) < 4.78 is 5.12. The third-order valence-electron chi connectivity index (χ3n) is 3.74. The first-order valence-corrected chi connectivity index (χ1v) is 8.18. The molecule has 5 nitrogen and oxygen atoms in total. The number of nitrogens with one attached hydrogen (secondary N) is 1. The van der Waals surface area contributed by atoms with E-state index in [0.717, 1.165) is 12.0 Å². The van der Waals surface area contributed by atoms with Gasteiger partial charge in [-0.15, -0.1) is 0 Å². The van der Waals surface area contributed by atoms with Crippen molar-refractivity contribution in [3.8, 4) is 0 Å². The molecule has 0 bridgehead atoms. The first-order chi connectivity index (χ1) is 10.9. The highest BCUT2D eigenvalue weighted by atomic mass is 16.5. The molecule has 1 amide bonds. The molecule has 0 fully saturated rings. The summed E-state index contributed by atoms with van der Waals surface area (Å²) in [6, 6.07) is 9.69. The maximum Gasteiger partial charge on any atom is 0.311 e. The number of esters is 1. The van der Waals surface area contributed by atoms with Crippen LogP contribution in [0.1, 0.15) is 39.2 Å². The van der Waals surface area contributed by atoms with Gasteiger partial charge < -0.3 is 15.8 Å². The van der Waals surface area contributed by atoms with E-state index in [2.05, 4.69) is 5.32 Å².